The minimum Gasteiger partial charge on any atom is -0.497 e. The van der Waals surface area contributed by atoms with Crippen molar-refractivity contribution in [3.63, 3.8) is 0 Å². The molecule has 0 radical (unpaired) electrons. The Morgan fingerprint density at radius 3 is 2.60 bits per heavy atom. The van der Waals surface area contributed by atoms with Crippen molar-refractivity contribution in [2.24, 2.45) is 11.8 Å². The molecular weight excluding hydrogens is 386 g/mol. The van der Waals surface area contributed by atoms with Gasteiger partial charge in [0.05, 0.1) is 33.4 Å². The van der Waals surface area contributed by atoms with Crippen molar-refractivity contribution in [2.45, 2.75) is 18.5 Å². The van der Waals surface area contributed by atoms with E-state index in [4.69, 9.17) is 18.9 Å². The van der Waals surface area contributed by atoms with Gasteiger partial charge in [0, 0.05) is 17.5 Å². The molecule has 0 aromatic heterocycles. The van der Waals surface area contributed by atoms with Gasteiger partial charge in [0.2, 0.25) is 0 Å². The van der Waals surface area contributed by atoms with Crippen LogP contribution in [-0.2, 0) is 24.6 Å². The molecule has 7 nitrogen and oxygen atoms in total. The fourth-order valence-electron chi connectivity index (χ4n) is 4.68. The van der Waals surface area contributed by atoms with E-state index in [9.17, 15) is 9.59 Å². The van der Waals surface area contributed by atoms with Crippen molar-refractivity contribution in [3.05, 3.63) is 59.7 Å². The molecule has 0 bridgehead atoms. The lowest BCUT2D eigenvalue weighted by atomic mass is 9.74. The first kappa shape index (κ1) is 20.2. The van der Waals surface area contributed by atoms with Gasteiger partial charge in [0.25, 0.3) is 0 Å². The number of rotatable bonds is 5. The first-order chi connectivity index (χ1) is 14.6. The summed E-state index contributed by atoms with van der Waals surface area (Å²) in [6.07, 6.45) is 0. The van der Waals surface area contributed by atoms with Crippen molar-refractivity contribution in [1.29, 1.82) is 0 Å². The minimum atomic E-state index is -1.40. The van der Waals surface area contributed by atoms with Gasteiger partial charge in [0.1, 0.15) is 11.5 Å². The molecule has 2 aliphatic heterocycles. The second kappa shape index (κ2) is 7.99. The molecule has 0 unspecified atom stereocenters. The van der Waals surface area contributed by atoms with E-state index in [1.807, 2.05) is 48.5 Å². The van der Waals surface area contributed by atoms with Crippen LogP contribution in [0.25, 0.3) is 0 Å². The summed E-state index contributed by atoms with van der Waals surface area (Å²) in [4.78, 5) is 26.5. The molecule has 0 spiro atoms. The van der Waals surface area contributed by atoms with Crippen LogP contribution in [0, 0.1) is 11.8 Å². The molecule has 4 atom stereocenters. The quantitative estimate of drug-likeness (QED) is 0.757. The number of benzene rings is 2. The highest BCUT2D eigenvalue weighted by molar-refractivity contribution is 5.91. The highest BCUT2D eigenvalue weighted by Gasteiger charge is 2.64. The fraction of sp³-hybridized carbons (Fsp3) is 0.391. The molecule has 1 fully saturated rings. The van der Waals surface area contributed by atoms with Crippen LogP contribution < -0.4 is 14.8 Å². The standard InChI is InChI=1S/C23H25NO6/c1-4-29-21(25)19-17-13-30-18-11-10-15(27-2)12-16(18)20(17)24-23(19,22(26)28-3)14-8-6-5-7-9-14/h5-12,17,19-20,24H,4,13H2,1-3H3/t17-,19+,20+,23+/m0/s1. The average molecular weight is 411 g/mol. The molecule has 0 saturated carbocycles. The van der Waals surface area contributed by atoms with E-state index in [0.29, 0.717) is 17.1 Å². The zero-order chi connectivity index (χ0) is 21.3. The third-order valence-electron chi connectivity index (χ3n) is 5.97. The monoisotopic (exact) mass is 411 g/mol. The van der Waals surface area contributed by atoms with Crippen molar-refractivity contribution >= 4 is 11.9 Å². The first-order valence-corrected chi connectivity index (χ1v) is 9.95. The number of esters is 2. The van der Waals surface area contributed by atoms with Gasteiger partial charge >= 0.3 is 11.9 Å². The molecule has 4 rings (SSSR count). The summed E-state index contributed by atoms with van der Waals surface area (Å²) in [7, 11) is 2.92. The molecule has 7 heteroatoms. The topological polar surface area (TPSA) is 83.1 Å². The van der Waals surface area contributed by atoms with Gasteiger partial charge in [-0.05, 0) is 30.7 Å². The van der Waals surface area contributed by atoms with Crippen LogP contribution in [0.5, 0.6) is 11.5 Å². The molecule has 0 amide bonds. The number of carbonyl (C=O) groups excluding carboxylic acids is 2. The summed E-state index contributed by atoms with van der Waals surface area (Å²) in [6.45, 7) is 2.23. The van der Waals surface area contributed by atoms with Crippen LogP contribution in [0.2, 0.25) is 0 Å². The van der Waals surface area contributed by atoms with Crippen LogP contribution in [-0.4, -0.2) is 39.4 Å². The maximum Gasteiger partial charge on any atom is 0.331 e. The molecule has 2 aromatic carbocycles. The SMILES string of the molecule is CCOC(=O)[C@H]1[C@@H]2COc3ccc(OC)cc3[C@H]2N[C@]1(C(=O)OC)c1ccccc1. The van der Waals surface area contributed by atoms with Crippen molar-refractivity contribution in [1.82, 2.24) is 5.32 Å². The third-order valence-corrected chi connectivity index (χ3v) is 5.97. The van der Waals surface area contributed by atoms with E-state index in [1.54, 1.807) is 14.0 Å². The normalized spacial score (nSPS) is 26.7. The van der Waals surface area contributed by atoms with Crippen molar-refractivity contribution in [3.8, 4) is 11.5 Å². The van der Waals surface area contributed by atoms with Crippen LogP contribution in [0.1, 0.15) is 24.1 Å². The van der Waals surface area contributed by atoms with Gasteiger partial charge in [-0.3, -0.25) is 10.1 Å². The third kappa shape index (κ3) is 3.01. The molecule has 1 saturated heterocycles. The van der Waals surface area contributed by atoms with Gasteiger partial charge in [-0.25, -0.2) is 4.79 Å². The van der Waals surface area contributed by atoms with E-state index in [2.05, 4.69) is 5.32 Å². The predicted molar refractivity (Wildman–Crippen MR) is 108 cm³/mol. The number of hydrogen-bond donors (Lipinski definition) is 1. The Labute approximate surface area is 175 Å². The Morgan fingerprint density at radius 1 is 1.17 bits per heavy atom. The number of carbonyl (C=O) groups is 2. The zero-order valence-electron chi connectivity index (χ0n) is 17.2. The largest absolute Gasteiger partial charge is 0.497 e. The molecule has 2 aliphatic rings. The lowest BCUT2D eigenvalue weighted by molar-refractivity contribution is -0.162. The Kier molecular flexibility index (Phi) is 5.39. The van der Waals surface area contributed by atoms with Crippen LogP contribution in [0.4, 0.5) is 0 Å². The number of ether oxygens (including phenoxy) is 4. The summed E-state index contributed by atoms with van der Waals surface area (Å²) in [5, 5.41) is 3.46. The molecular formula is C23H25NO6. The first-order valence-electron chi connectivity index (χ1n) is 9.95. The number of methoxy groups -OCH3 is 2. The highest BCUT2D eigenvalue weighted by Crippen LogP contribution is 2.53. The van der Waals surface area contributed by atoms with Crippen molar-refractivity contribution in [2.75, 3.05) is 27.4 Å². The summed E-state index contributed by atoms with van der Waals surface area (Å²) < 4.78 is 22.0. The minimum absolute atomic E-state index is 0.212. The van der Waals surface area contributed by atoms with Gasteiger partial charge in [-0.2, -0.15) is 0 Å². The van der Waals surface area contributed by atoms with E-state index in [-0.39, 0.29) is 25.2 Å². The summed E-state index contributed by atoms with van der Waals surface area (Å²) in [5.74, 6) is -0.782. The van der Waals surface area contributed by atoms with Gasteiger partial charge in [0.15, 0.2) is 5.54 Å². The Balaban J connectivity index is 1.90. The molecule has 0 aliphatic carbocycles. The molecule has 2 heterocycles. The van der Waals surface area contributed by atoms with E-state index < -0.39 is 23.4 Å². The zero-order valence-corrected chi connectivity index (χ0v) is 17.2. The van der Waals surface area contributed by atoms with Crippen LogP contribution >= 0.6 is 0 Å². The summed E-state index contributed by atoms with van der Waals surface area (Å²) >= 11 is 0. The van der Waals surface area contributed by atoms with Gasteiger partial charge < -0.3 is 18.9 Å². The van der Waals surface area contributed by atoms with Crippen LogP contribution in [0.15, 0.2) is 48.5 Å². The highest BCUT2D eigenvalue weighted by atomic mass is 16.5. The number of hydrogen-bond acceptors (Lipinski definition) is 7. The van der Waals surface area contributed by atoms with E-state index in [0.717, 1.165) is 5.56 Å². The second-order valence-electron chi connectivity index (χ2n) is 7.40. The predicted octanol–water partition coefficient (Wildman–Crippen LogP) is 2.60. The molecule has 158 valence electrons. The summed E-state index contributed by atoms with van der Waals surface area (Å²) in [6, 6.07) is 14.4. The lowest BCUT2D eigenvalue weighted by Crippen LogP contribution is -2.53. The number of fused-ring (bicyclic) bond motifs is 3. The average Bonchev–Trinajstić information content (AvgIpc) is 3.15. The van der Waals surface area contributed by atoms with Gasteiger partial charge in [-0.15, -0.1) is 0 Å². The molecule has 1 N–H and O–H groups in total. The summed E-state index contributed by atoms with van der Waals surface area (Å²) in [5.41, 5.74) is 0.0846. The number of nitrogens with one attached hydrogen (secondary N) is 1. The van der Waals surface area contributed by atoms with Gasteiger partial charge in [-0.1, -0.05) is 30.3 Å². The Bertz CT molecular complexity index is 946. The smallest absolute Gasteiger partial charge is 0.331 e. The maximum atomic E-state index is 13.3. The molecule has 2 aromatic rings. The Morgan fingerprint density at radius 2 is 1.93 bits per heavy atom. The Hall–Kier alpha value is -3.06. The van der Waals surface area contributed by atoms with E-state index in [1.165, 1.54) is 7.11 Å². The van der Waals surface area contributed by atoms with Crippen LogP contribution in [0.3, 0.4) is 0 Å². The maximum absolute atomic E-state index is 13.3. The molecule has 30 heavy (non-hydrogen) atoms. The fourth-order valence-corrected chi connectivity index (χ4v) is 4.68. The lowest BCUT2D eigenvalue weighted by Gasteiger charge is -2.33. The second-order valence-corrected chi connectivity index (χ2v) is 7.40. The van der Waals surface area contributed by atoms with Crippen molar-refractivity contribution < 1.29 is 28.5 Å². The van der Waals surface area contributed by atoms with E-state index >= 15 is 0 Å².